The maximum atomic E-state index is 11.8. The van der Waals surface area contributed by atoms with Gasteiger partial charge in [0, 0.05) is 17.7 Å². The highest BCUT2D eigenvalue weighted by molar-refractivity contribution is 7.80. The number of nitrogens with two attached hydrogens (primary N) is 1. The lowest BCUT2D eigenvalue weighted by atomic mass is 9.62. The molecule has 0 aliphatic heterocycles. The van der Waals surface area contributed by atoms with Gasteiger partial charge in [-0.3, -0.25) is 4.98 Å². The summed E-state index contributed by atoms with van der Waals surface area (Å²) in [6, 6.07) is 10.2. The highest BCUT2D eigenvalue weighted by atomic mass is 32.1. The number of fused-ring (bicyclic) bond motifs is 1. The van der Waals surface area contributed by atoms with Gasteiger partial charge in [-0.2, -0.15) is 0 Å². The molecule has 2 atom stereocenters. The van der Waals surface area contributed by atoms with Crippen LogP contribution in [0.25, 0.3) is 10.9 Å². The van der Waals surface area contributed by atoms with Crippen molar-refractivity contribution in [2.24, 2.45) is 11.7 Å². The molecule has 3 rings (SSSR count). The molecule has 1 aromatic carbocycles. The Morgan fingerprint density at radius 3 is 3.00 bits per heavy atom. The lowest BCUT2D eigenvalue weighted by Crippen LogP contribution is -2.47. The van der Waals surface area contributed by atoms with Crippen molar-refractivity contribution in [3.05, 3.63) is 54.2 Å². The smallest absolute Gasteiger partial charge is 0.330 e. The molecule has 26 heavy (non-hydrogen) atoms. The molecule has 1 heterocycles. The van der Waals surface area contributed by atoms with Crippen LogP contribution in [0.15, 0.2) is 48.7 Å². The first-order chi connectivity index (χ1) is 12.6. The topological polar surface area (TPSA) is 65.2 Å². The maximum Gasteiger partial charge on any atom is 0.330 e. The van der Waals surface area contributed by atoms with E-state index in [-0.39, 0.29) is 11.9 Å². The van der Waals surface area contributed by atoms with E-state index in [4.69, 9.17) is 22.7 Å². The number of rotatable bonds is 5. The van der Waals surface area contributed by atoms with E-state index in [2.05, 4.69) is 11.1 Å². The zero-order chi connectivity index (χ0) is 18.6. The summed E-state index contributed by atoms with van der Waals surface area (Å²) in [6.07, 6.45) is 9.25. The third kappa shape index (κ3) is 3.49. The van der Waals surface area contributed by atoms with Crippen LogP contribution in [-0.4, -0.2) is 22.5 Å². The number of para-hydroxylation sites is 1. The molecule has 5 heteroatoms. The molecule has 4 nitrogen and oxygen atoms in total. The van der Waals surface area contributed by atoms with Gasteiger partial charge in [0.15, 0.2) is 0 Å². The molecule has 0 radical (unpaired) electrons. The minimum atomic E-state index is -0.479. The standard InChI is InChI=1S/C21H24N2O2S/c1-2-25-19(24)11-10-16-8-5-6-12-21(16,20(22)26)17-13-15-7-3-4-9-18(15)23-14-17/h3-4,7,9-11,13-14,16H,2,5-6,8,12H2,1H3,(H2,22,26). The van der Waals surface area contributed by atoms with E-state index < -0.39 is 5.41 Å². The van der Waals surface area contributed by atoms with Crippen LogP contribution in [0.4, 0.5) is 0 Å². The van der Waals surface area contributed by atoms with Gasteiger partial charge in [-0.1, -0.05) is 49.3 Å². The van der Waals surface area contributed by atoms with E-state index in [1.54, 1.807) is 6.92 Å². The summed E-state index contributed by atoms with van der Waals surface area (Å²) >= 11 is 5.54. The molecular weight excluding hydrogens is 344 g/mol. The summed E-state index contributed by atoms with van der Waals surface area (Å²) in [4.78, 5) is 16.9. The molecular formula is C21H24N2O2S. The minimum absolute atomic E-state index is 0.0566. The van der Waals surface area contributed by atoms with Crippen molar-refractivity contribution in [1.29, 1.82) is 0 Å². The van der Waals surface area contributed by atoms with Gasteiger partial charge in [-0.25, -0.2) is 4.79 Å². The Morgan fingerprint density at radius 1 is 1.42 bits per heavy atom. The van der Waals surface area contributed by atoms with Crippen molar-refractivity contribution in [3.63, 3.8) is 0 Å². The minimum Gasteiger partial charge on any atom is -0.463 e. The van der Waals surface area contributed by atoms with Crippen LogP contribution in [0, 0.1) is 5.92 Å². The Labute approximate surface area is 159 Å². The molecule has 1 aliphatic carbocycles. The van der Waals surface area contributed by atoms with Gasteiger partial charge in [0.2, 0.25) is 0 Å². The number of pyridine rings is 1. The zero-order valence-electron chi connectivity index (χ0n) is 15.0. The summed E-state index contributed by atoms with van der Waals surface area (Å²) < 4.78 is 5.02. The monoisotopic (exact) mass is 368 g/mol. The summed E-state index contributed by atoms with van der Waals surface area (Å²) in [5, 5.41) is 1.07. The van der Waals surface area contributed by atoms with Crippen molar-refractivity contribution < 1.29 is 9.53 Å². The number of aromatic nitrogens is 1. The largest absolute Gasteiger partial charge is 0.463 e. The molecule has 2 unspecified atom stereocenters. The fraction of sp³-hybridized carbons (Fsp3) is 0.381. The van der Waals surface area contributed by atoms with Crippen molar-refractivity contribution in [3.8, 4) is 0 Å². The summed E-state index contributed by atoms with van der Waals surface area (Å²) in [5.74, 6) is -0.271. The Bertz CT molecular complexity index is 849. The lowest BCUT2D eigenvalue weighted by Gasteiger charge is -2.42. The number of ether oxygens (including phenoxy) is 1. The number of hydrogen-bond acceptors (Lipinski definition) is 4. The quantitative estimate of drug-likeness (QED) is 0.490. The van der Waals surface area contributed by atoms with E-state index in [0.717, 1.165) is 42.1 Å². The van der Waals surface area contributed by atoms with Crippen LogP contribution in [0.1, 0.15) is 38.2 Å². The number of thiocarbonyl (C=S) groups is 1. The molecule has 1 fully saturated rings. The second-order valence-corrected chi connectivity index (χ2v) is 7.16. The van der Waals surface area contributed by atoms with Gasteiger partial charge in [0.25, 0.3) is 0 Å². The highest BCUT2D eigenvalue weighted by Crippen LogP contribution is 2.45. The Morgan fingerprint density at radius 2 is 2.23 bits per heavy atom. The predicted molar refractivity (Wildman–Crippen MR) is 108 cm³/mol. The first-order valence-electron chi connectivity index (χ1n) is 9.08. The van der Waals surface area contributed by atoms with Crippen LogP contribution in [0.2, 0.25) is 0 Å². The third-order valence-corrected chi connectivity index (χ3v) is 5.63. The number of esters is 1. The van der Waals surface area contributed by atoms with E-state index >= 15 is 0 Å². The molecule has 0 amide bonds. The Hall–Kier alpha value is -2.27. The summed E-state index contributed by atoms with van der Waals surface area (Å²) in [7, 11) is 0. The fourth-order valence-electron chi connectivity index (χ4n) is 3.97. The first kappa shape index (κ1) is 18.5. The Balaban J connectivity index is 2.05. The van der Waals surface area contributed by atoms with Crippen LogP contribution in [0.3, 0.4) is 0 Å². The number of carbonyl (C=O) groups excluding carboxylic acids is 1. The van der Waals surface area contributed by atoms with E-state index in [1.807, 2.05) is 36.5 Å². The normalized spacial score (nSPS) is 23.2. The third-order valence-electron chi connectivity index (χ3n) is 5.27. The molecule has 1 saturated carbocycles. The molecule has 2 aromatic rings. The van der Waals surface area contributed by atoms with Gasteiger partial charge in [-0.05, 0) is 43.4 Å². The summed E-state index contributed by atoms with van der Waals surface area (Å²) in [5.41, 5.74) is 7.79. The number of allylic oxidation sites excluding steroid dienone is 1. The zero-order valence-corrected chi connectivity index (χ0v) is 15.8. The summed E-state index contributed by atoms with van der Waals surface area (Å²) in [6.45, 7) is 2.16. The van der Waals surface area contributed by atoms with Gasteiger partial charge >= 0.3 is 5.97 Å². The molecule has 0 saturated heterocycles. The average molecular weight is 369 g/mol. The number of nitrogens with zero attached hydrogens (tertiary/aromatic N) is 1. The van der Waals surface area contributed by atoms with Crippen LogP contribution in [-0.2, 0) is 14.9 Å². The Kier molecular flexibility index (Phi) is 5.67. The van der Waals surface area contributed by atoms with Gasteiger partial charge in [0.1, 0.15) is 0 Å². The van der Waals surface area contributed by atoms with Crippen molar-refractivity contribution in [2.45, 2.75) is 38.0 Å². The van der Waals surface area contributed by atoms with Gasteiger partial charge < -0.3 is 10.5 Å². The second-order valence-electron chi connectivity index (χ2n) is 6.72. The molecule has 136 valence electrons. The first-order valence-corrected chi connectivity index (χ1v) is 9.49. The highest BCUT2D eigenvalue weighted by Gasteiger charge is 2.44. The van der Waals surface area contributed by atoms with Gasteiger partial charge in [0.05, 0.1) is 22.5 Å². The van der Waals surface area contributed by atoms with Crippen LogP contribution < -0.4 is 5.73 Å². The molecule has 1 aromatic heterocycles. The average Bonchev–Trinajstić information content (AvgIpc) is 2.66. The lowest BCUT2D eigenvalue weighted by molar-refractivity contribution is -0.137. The molecule has 1 aliphatic rings. The maximum absolute atomic E-state index is 11.8. The van der Waals surface area contributed by atoms with E-state index in [0.29, 0.717) is 11.6 Å². The van der Waals surface area contributed by atoms with Crippen LogP contribution >= 0.6 is 12.2 Å². The van der Waals surface area contributed by atoms with Crippen molar-refractivity contribution in [1.82, 2.24) is 4.98 Å². The molecule has 0 spiro atoms. The van der Waals surface area contributed by atoms with Crippen molar-refractivity contribution >= 4 is 34.1 Å². The fourth-order valence-corrected chi connectivity index (χ4v) is 4.34. The number of carbonyl (C=O) groups is 1. The van der Waals surface area contributed by atoms with Gasteiger partial charge in [-0.15, -0.1) is 0 Å². The SMILES string of the molecule is CCOC(=O)C=CC1CCCCC1(C(N)=S)c1cnc2ccccc2c1. The van der Waals surface area contributed by atoms with Crippen molar-refractivity contribution in [2.75, 3.05) is 6.61 Å². The number of benzene rings is 1. The number of hydrogen-bond donors (Lipinski definition) is 1. The van der Waals surface area contributed by atoms with E-state index in [1.165, 1.54) is 6.08 Å². The van der Waals surface area contributed by atoms with E-state index in [9.17, 15) is 4.79 Å². The predicted octanol–water partition coefficient (Wildman–Crippen LogP) is 4.07. The second kappa shape index (κ2) is 7.96. The molecule has 2 N–H and O–H groups in total. The molecule has 0 bridgehead atoms. The van der Waals surface area contributed by atoms with Crippen LogP contribution in [0.5, 0.6) is 0 Å².